The molecule has 0 atom stereocenters. The second-order valence-corrected chi connectivity index (χ2v) is 12.5. The zero-order valence-corrected chi connectivity index (χ0v) is 27.5. The molecule has 0 amide bonds. The van der Waals surface area contributed by atoms with Gasteiger partial charge in [-0.15, -0.1) is 0 Å². The second-order valence-electron chi connectivity index (χ2n) is 12.5. The van der Waals surface area contributed by atoms with Gasteiger partial charge in [0.1, 0.15) is 0 Å². The minimum Gasteiger partial charge on any atom is -0.411 e. The van der Waals surface area contributed by atoms with Gasteiger partial charge in [0, 0.05) is 13.0 Å². The molecule has 0 spiro atoms. The van der Waals surface area contributed by atoms with E-state index in [4.69, 9.17) is 0 Å². The Morgan fingerprint density at radius 1 is 0.385 bits per heavy atom. The number of hydrogen-bond acceptors (Lipinski definition) is 3. The molecule has 3 nitrogen and oxygen atoms in total. The lowest BCUT2D eigenvalue weighted by Gasteiger charge is -2.22. The Balaban J connectivity index is 3.89. The van der Waals surface area contributed by atoms with E-state index in [0.29, 0.717) is 0 Å². The summed E-state index contributed by atoms with van der Waals surface area (Å²) in [5.74, 6) is 0. The Bertz CT molecular complexity index is 463. The molecule has 3 heteroatoms. The fourth-order valence-corrected chi connectivity index (χ4v) is 5.78. The first-order chi connectivity index (χ1) is 19.3. The van der Waals surface area contributed by atoms with Crippen molar-refractivity contribution < 1.29 is 5.21 Å². The monoisotopic (exact) mass is 551 g/mol. The maximum atomic E-state index is 9.62. The highest BCUT2D eigenvalue weighted by Gasteiger charge is 2.08. The summed E-state index contributed by atoms with van der Waals surface area (Å²) in [6.45, 7) is 10.4. The lowest BCUT2D eigenvalue weighted by Crippen LogP contribution is -2.28. The van der Waals surface area contributed by atoms with Crippen LogP contribution < -0.4 is 0 Å². The van der Waals surface area contributed by atoms with E-state index in [1.807, 2.05) is 0 Å². The predicted octanol–water partition coefficient (Wildman–Crippen LogP) is 12.5. The quantitative estimate of drug-likeness (QED) is 0.0381. The zero-order valence-electron chi connectivity index (χ0n) is 27.5. The van der Waals surface area contributed by atoms with Crippen molar-refractivity contribution >= 4 is 5.71 Å². The molecule has 0 saturated carbocycles. The highest BCUT2D eigenvalue weighted by Crippen LogP contribution is 2.15. The van der Waals surface area contributed by atoms with Crippen LogP contribution in [-0.4, -0.2) is 35.5 Å². The van der Waals surface area contributed by atoms with Crippen LogP contribution in [0.3, 0.4) is 0 Å². The summed E-state index contributed by atoms with van der Waals surface area (Å²) >= 11 is 0. The van der Waals surface area contributed by atoms with Crippen LogP contribution in [0, 0.1) is 0 Å². The molecule has 0 unspecified atom stereocenters. The van der Waals surface area contributed by atoms with Crippen LogP contribution in [0.15, 0.2) is 5.16 Å². The molecule has 0 aliphatic carbocycles. The summed E-state index contributed by atoms with van der Waals surface area (Å²) in [4.78, 5) is 2.66. The molecule has 0 bridgehead atoms. The molecule has 234 valence electrons. The normalized spacial score (nSPS) is 12.2. The fraction of sp³-hybridized carbons (Fsp3) is 0.972. The van der Waals surface area contributed by atoms with Crippen LogP contribution in [0.4, 0.5) is 0 Å². The number of nitrogens with zero attached hydrogens (tertiary/aromatic N) is 2. The maximum absolute atomic E-state index is 9.62. The lowest BCUT2D eigenvalue weighted by molar-refractivity contribution is 0.264. The van der Waals surface area contributed by atoms with E-state index in [0.717, 1.165) is 25.1 Å². The molecule has 1 N–H and O–H groups in total. The molecule has 0 rings (SSSR count). The SMILES string of the molecule is CCCCCCCCCCCCCCCCCC(CCN(CCCCCCCC)CCCCCCCC)=NO. The zero-order chi connectivity index (χ0) is 28.5. The first-order valence-corrected chi connectivity index (χ1v) is 18.2. The van der Waals surface area contributed by atoms with Gasteiger partial charge >= 0.3 is 0 Å². The fourth-order valence-electron chi connectivity index (χ4n) is 5.78. The molecule has 0 aliphatic heterocycles. The molecular formula is C36H74N2O. The maximum Gasteiger partial charge on any atom is 0.0583 e. The molecule has 0 heterocycles. The first kappa shape index (κ1) is 38.4. The van der Waals surface area contributed by atoms with Crippen molar-refractivity contribution in [1.82, 2.24) is 4.90 Å². The summed E-state index contributed by atoms with van der Waals surface area (Å²) in [6.07, 6.45) is 39.2. The first-order valence-electron chi connectivity index (χ1n) is 18.2. The Kier molecular flexibility index (Phi) is 33.1. The van der Waals surface area contributed by atoms with Crippen LogP contribution in [0.1, 0.15) is 207 Å². The smallest absolute Gasteiger partial charge is 0.0583 e. The van der Waals surface area contributed by atoms with Crippen molar-refractivity contribution in [2.45, 2.75) is 207 Å². The summed E-state index contributed by atoms with van der Waals surface area (Å²) in [7, 11) is 0. The molecule has 0 fully saturated rings. The molecule has 39 heavy (non-hydrogen) atoms. The van der Waals surface area contributed by atoms with Crippen LogP contribution in [0.25, 0.3) is 0 Å². The van der Waals surface area contributed by atoms with E-state index >= 15 is 0 Å². The van der Waals surface area contributed by atoms with Crippen LogP contribution in [-0.2, 0) is 0 Å². The van der Waals surface area contributed by atoms with Gasteiger partial charge in [-0.05, 0) is 38.8 Å². The number of rotatable bonds is 33. The van der Waals surface area contributed by atoms with E-state index in [9.17, 15) is 5.21 Å². The van der Waals surface area contributed by atoms with Crippen molar-refractivity contribution in [2.24, 2.45) is 5.16 Å². The van der Waals surface area contributed by atoms with E-state index < -0.39 is 0 Å². The van der Waals surface area contributed by atoms with Gasteiger partial charge < -0.3 is 10.1 Å². The minimum atomic E-state index is 0.945. The Labute approximate surface area is 247 Å². The molecule has 0 aromatic heterocycles. The average Bonchev–Trinajstić information content (AvgIpc) is 2.95. The molecule has 0 aromatic carbocycles. The Morgan fingerprint density at radius 2 is 0.692 bits per heavy atom. The van der Waals surface area contributed by atoms with Crippen molar-refractivity contribution in [1.29, 1.82) is 0 Å². The van der Waals surface area contributed by atoms with E-state index in [-0.39, 0.29) is 0 Å². The van der Waals surface area contributed by atoms with Gasteiger partial charge in [0.2, 0.25) is 0 Å². The topological polar surface area (TPSA) is 35.8 Å². The second kappa shape index (κ2) is 33.6. The lowest BCUT2D eigenvalue weighted by atomic mass is 10.0. The number of hydrogen-bond donors (Lipinski definition) is 1. The standard InChI is InChI=1S/C36H74N2O/c1-4-7-10-13-16-17-18-19-20-21-22-23-24-25-28-31-36(37-39)32-35-38(33-29-26-14-11-8-5-2)34-30-27-15-12-9-6-3/h39H,4-35H2,1-3H3. The van der Waals surface area contributed by atoms with Gasteiger partial charge in [-0.25, -0.2) is 0 Å². The minimum absolute atomic E-state index is 0.945. The third-order valence-corrected chi connectivity index (χ3v) is 8.58. The van der Waals surface area contributed by atoms with Crippen molar-refractivity contribution in [2.75, 3.05) is 19.6 Å². The molecule has 0 aromatic rings. The molecule has 0 radical (unpaired) electrons. The third-order valence-electron chi connectivity index (χ3n) is 8.58. The van der Waals surface area contributed by atoms with E-state index in [2.05, 4.69) is 30.8 Å². The summed E-state index contributed by atoms with van der Waals surface area (Å²) in [6, 6.07) is 0. The van der Waals surface area contributed by atoms with Gasteiger partial charge in [0.05, 0.1) is 5.71 Å². The summed E-state index contributed by atoms with van der Waals surface area (Å²) in [5.41, 5.74) is 1.03. The molecule has 0 aliphatic rings. The molecular weight excluding hydrogens is 476 g/mol. The van der Waals surface area contributed by atoms with Gasteiger partial charge in [-0.1, -0.05) is 180 Å². The Morgan fingerprint density at radius 3 is 1.03 bits per heavy atom. The van der Waals surface area contributed by atoms with Crippen molar-refractivity contribution in [3.8, 4) is 0 Å². The van der Waals surface area contributed by atoms with E-state index in [1.165, 1.54) is 186 Å². The van der Waals surface area contributed by atoms with Gasteiger partial charge in [0.25, 0.3) is 0 Å². The van der Waals surface area contributed by atoms with Crippen molar-refractivity contribution in [3.05, 3.63) is 0 Å². The summed E-state index contributed by atoms with van der Waals surface area (Å²) in [5, 5.41) is 13.3. The summed E-state index contributed by atoms with van der Waals surface area (Å²) < 4.78 is 0. The van der Waals surface area contributed by atoms with Crippen LogP contribution >= 0.6 is 0 Å². The average molecular weight is 551 g/mol. The largest absolute Gasteiger partial charge is 0.411 e. The highest BCUT2D eigenvalue weighted by molar-refractivity contribution is 5.84. The van der Waals surface area contributed by atoms with E-state index in [1.54, 1.807) is 0 Å². The Hall–Kier alpha value is -0.570. The van der Waals surface area contributed by atoms with Gasteiger partial charge in [-0.2, -0.15) is 0 Å². The van der Waals surface area contributed by atoms with Crippen LogP contribution in [0.5, 0.6) is 0 Å². The number of unbranched alkanes of at least 4 members (excludes halogenated alkanes) is 24. The van der Waals surface area contributed by atoms with Gasteiger partial charge in [-0.3, -0.25) is 0 Å². The molecule has 0 saturated heterocycles. The highest BCUT2D eigenvalue weighted by atomic mass is 16.4. The van der Waals surface area contributed by atoms with Crippen molar-refractivity contribution in [3.63, 3.8) is 0 Å². The van der Waals surface area contributed by atoms with Crippen LogP contribution in [0.2, 0.25) is 0 Å². The van der Waals surface area contributed by atoms with Gasteiger partial charge in [0.15, 0.2) is 0 Å². The third kappa shape index (κ3) is 30.2. The predicted molar refractivity (Wildman–Crippen MR) is 177 cm³/mol. The number of oxime groups is 1.